The van der Waals surface area contributed by atoms with Crippen molar-refractivity contribution in [2.24, 2.45) is 0 Å². The lowest BCUT2D eigenvalue weighted by Crippen LogP contribution is -2.47. The van der Waals surface area contributed by atoms with Gasteiger partial charge in [0.2, 0.25) is 0 Å². The number of nitrogens with one attached hydrogen (secondary N) is 1. The number of β-amino-alcohol motifs (C(OH)–C–C–N with tert-alkyl or cyclic N) is 1. The van der Waals surface area contributed by atoms with E-state index in [2.05, 4.69) is 10.2 Å². The van der Waals surface area contributed by atoms with Gasteiger partial charge >= 0.3 is 0 Å². The minimum Gasteiger partial charge on any atom is -0.391 e. The van der Waals surface area contributed by atoms with Crippen LogP contribution < -0.4 is 5.32 Å². The van der Waals surface area contributed by atoms with Crippen LogP contribution >= 0.6 is 12.2 Å². The van der Waals surface area contributed by atoms with Crippen molar-refractivity contribution >= 4 is 17.3 Å². The van der Waals surface area contributed by atoms with Crippen molar-refractivity contribution in [1.29, 1.82) is 0 Å². The normalized spacial score (nSPS) is 28.7. The van der Waals surface area contributed by atoms with Crippen LogP contribution in [0.4, 0.5) is 0 Å². The SMILES string of the molecule is OC1CCCN(C(=S)NC2CC2)C1. The molecule has 2 fully saturated rings. The quantitative estimate of drug-likeness (QED) is 0.604. The Kier molecular flexibility index (Phi) is 2.69. The summed E-state index contributed by atoms with van der Waals surface area (Å²) in [6, 6.07) is 0.617. The van der Waals surface area contributed by atoms with E-state index in [1.54, 1.807) is 0 Å². The molecule has 1 saturated carbocycles. The van der Waals surface area contributed by atoms with Crippen LogP contribution in [0, 0.1) is 0 Å². The van der Waals surface area contributed by atoms with Crippen molar-refractivity contribution in [2.75, 3.05) is 13.1 Å². The first kappa shape index (κ1) is 9.21. The van der Waals surface area contributed by atoms with Gasteiger partial charge < -0.3 is 15.3 Å². The Bertz CT molecular complexity index is 206. The molecule has 1 aliphatic carbocycles. The van der Waals surface area contributed by atoms with Gasteiger partial charge in [0.05, 0.1) is 6.10 Å². The molecule has 0 aromatic carbocycles. The van der Waals surface area contributed by atoms with E-state index in [1.807, 2.05) is 0 Å². The first-order chi connectivity index (χ1) is 6.25. The van der Waals surface area contributed by atoms with Gasteiger partial charge in [0.25, 0.3) is 0 Å². The molecule has 2 aliphatic rings. The van der Waals surface area contributed by atoms with Crippen LogP contribution in [0.1, 0.15) is 25.7 Å². The maximum absolute atomic E-state index is 9.45. The molecule has 0 amide bonds. The molecule has 1 atom stereocenters. The van der Waals surface area contributed by atoms with Crippen molar-refractivity contribution in [3.8, 4) is 0 Å². The Morgan fingerprint density at radius 2 is 2.15 bits per heavy atom. The molecule has 0 aromatic heterocycles. The number of piperidine rings is 1. The number of hydrogen-bond donors (Lipinski definition) is 2. The molecule has 74 valence electrons. The van der Waals surface area contributed by atoms with Crippen LogP contribution in [0.15, 0.2) is 0 Å². The van der Waals surface area contributed by atoms with Crippen LogP contribution in [0.3, 0.4) is 0 Å². The number of likely N-dealkylation sites (tertiary alicyclic amines) is 1. The zero-order chi connectivity index (χ0) is 9.26. The number of aliphatic hydroxyl groups excluding tert-OH is 1. The number of thiocarbonyl (C=S) groups is 1. The summed E-state index contributed by atoms with van der Waals surface area (Å²) in [7, 11) is 0. The number of nitrogens with zero attached hydrogens (tertiary/aromatic N) is 1. The highest BCUT2D eigenvalue weighted by Crippen LogP contribution is 2.19. The molecular formula is C9H16N2OS. The van der Waals surface area contributed by atoms with E-state index in [-0.39, 0.29) is 6.10 Å². The minimum absolute atomic E-state index is 0.187. The van der Waals surface area contributed by atoms with Gasteiger partial charge in [-0.15, -0.1) is 0 Å². The summed E-state index contributed by atoms with van der Waals surface area (Å²) in [4.78, 5) is 2.09. The Hall–Kier alpha value is -0.350. The van der Waals surface area contributed by atoms with E-state index in [0.29, 0.717) is 12.6 Å². The van der Waals surface area contributed by atoms with Crippen molar-refractivity contribution in [3.05, 3.63) is 0 Å². The van der Waals surface area contributed by atoms with Crippen molar-refractivity contribution in [1.82, 2.24) is 10.2 Å². The summed E-state index contributed by atoms with van der Waals surface area (Å²) < 4.78 is 0. The lowest BCUT2D eigenvalue weighted by molar-refractivity contribution is 0.103. The molecule has 2 N–H and O–H groups in total. The molecule has 0 spiro atoms. The average Bonchev–Trinajstić information content (AvgIpc) is 2.88. The molecular weight excluding hydrogens is 184 g/mol. The molecule has 2 rings (SSSR count). The number of hydrogen-bond acceptors (Lipinski definition) is 2. The maximum Gasteiger partial charge on any atom is 0.169 e. The molecule has 1 heterocycles. The van der Waals surface area contributed by atoms with Crippen LogP contribution in [-0.4, -0.2) is 40.4 Å². The molecule has 1 saturated heterocycles. The molecule has 13 heavy (non-hydrogen) atoms. The van der Waals surface area contributed by atoms with Gasteiger partial charge in [-0.3, -0.25) is 0 Å². The van der Waals surface area contributed by atoms with Gasteiger partial charge in [-0.25, -0.2) is 0 Å². The fourth-order valence-corrected chi connectivity index (χ4v) is 1.97. The average molecular weight is 200 g/mol. The predicted octanol–water partition coefficient (Wildman–Crippen LogP) is 0.480. The first-order valence-electron chi connectivity index (χ1n) is 4.99. The smallest absolute Gasteiger partial charge is 0.169 e. The van der Waals surface area contributed by atoms with Crippen molar-refractivity contribution in [2.45, 2.75) is 37.8 Å². The van der Waals surface area contributed by atoms with Gasteiger partial charge in [0.1, 0.15) is 0 Å². The highest BCUT2D eigenvalue weighted by atomic mass is 32.1. The first-order valence-corrected chi connectivity index (χ1v) is 5.40. The molecule has 0 aromatic rings. The highest BCUT2D eigenvalue weighted by Gasteiger charge is 2.25. The maximum atomic E-state index is 9.45. The summed E-state index contributed by atoms with van der Waals surface area (Å²) >= 11 is 5.25. The number of rotatable bonds is 1. The van der Waals surface area contributed by atoms with E-state index in [0.717, 1.165) is 24.5 Å². The zero-order valence-corrected chi connectivity index (χ0v) is 8.52. The van der Waals surface area contributed by atoms with E-state index in [1.165, 1.54) is 12.8 Å². The van der Waals surface area contributed by atoms with Gasteiger partial charge in [-0.05, 0) is 37.9 Å². The number of aliphatic hydroxyl groups is 1. The second kappa shape index (κ2) is 3.80. The zero-order valence-electron chi connectivity index (χ0n) is 7.70. The van der Waals surface area contributed by atoms with Crippen molar-refractivity contribution in [3.63, 3.8) is 0 Å². The second-order valence-corrected chi connectivity index (χ2v) is 4.35. The molecule has 0 radical (unpaired) electrons. The summed E-state index contributed by atoms with van der Waals surface area (Å²) in [5.74, 6) is 0. The molecule has 3 nitrogen and oxygen atoms in total. The van der Waals surface area contributed by atoms with Crippen LogP contribution in [-0.2, 0) is 0 Å². The second-order valence-electron chi connectivity index (χ2n) is 3.97. The highest BCUT2D eigenvalue weighted by molar-refractivity contribution is 7.80. The molecule has 4 heteroatoms. The monoisotopic (exact) mass is 200 g/mol. The third-order valence-electron chi connectivity index (χ3n) is 2.59. The predicted molar refractivity (Wildman–Crippen MR) is 55.6 cm³/mol. The molecule has 0 bridgehead atoms. The Labute approximate surface area is 84.1 Å². The summed E-state index contributed by atoms with van der Waals surface area (Å²) in [5.41, 5.74) is 0. The van der Waals surface area contributed by atoms with E-state index < -0.39 is 0 Å². The Morgan fingerprint density at radius 1 is 1.38 bits per heavy atom. The standard InChI is InChI=1S/C9H16N2OS/c12-8-2-1-5-11(6-8)9(13)10-7-3-4-7/h7-8,12H,1-6H2,(H,10,13). The molecule has 1 aliphatic heterocycles. The molecule has 1 unspecified atom stereocenters. The van der Waals surface area contributed by atoms with Crippen LogP contribution in [0.25, 0.3) is 0 Å². The lowest BCUT2D eigenvalue weighted by Gasteiger charge is -2.32. The topological polar surface area (TPSA) is 35.5 Å². The van der Waals surface area contributed by atoms with Gasteiger partial charge in [-0.2, -0.15) is 0 Å². The van der Waals surface area contributed by atoms with E-state index in [4.69, 9.17) is 12.2 Å². The van der Waals surface area contributed by atoms with E-state index in [9.17, 15) is 5.11 Å². The van der Waals surface area contributed by atoms with Gasteiger partial charge in [-0.1, -0.05) is 0 Å². The van der Waals surface area contributed by atoms with E-state index >= 15 is 0 Å². The fourth-order valence-electron chi connectivity index (χ4n) is 1.63. The summed E-state index contributed by atoms with van der Waals surface area (Å²) in [6.07, 6.45) is 4.27. The van der Waals surface area contributed by atoms with Gasteiger partial charge in [0, 0.05) is 19.1 Å². The lowest BCUT2D eigenvalue weighted by atomic mass is 10.1. The Morgan fingerprint density at radius 3 is 2.77 bits per heavy atom. The largest absolute Gasteiger partial charge is 0.391 e. The third-order valence-corrected chi connectivity index (χ3v) is 2.96. The summed E-state index contributed by atoms with van der Waals surface area (Å²) in [6.45, 7) is 1.70. The van der Waals surface area contributed by atoms with Crippen molar-refractivity contribution < 1.29 is 5.11 Å². The Balaban J connectivity index is 1.80. The third kappa shape index (κ3) is 2.54. The fraction of sp³-hybridized carbons (Fsp3) is 0.889. The minimum atomic E-state index is -0.187. The summed E-state index contributed by atoms with van der Waals surface area (Å²) in [5, 5.41) is 13.6. The van der Waals surface area contributed by atoms with Gasteiger partial charge in [0.15, 0.2) is 5.11 Å². The van der Waals surface area contributed by atoms with Crippen LogP contribution in [0.5, 0.6) is 0 Å². The van der Waals surface area contributed by atoms with Crippen LogP contribution in [0.2, 0.25) is 0 Å².